The molecule has 1 aliphatic rings. The summed E-state index contributed by atoms with van der Waals surface area (Å²) in [5, 5.41) is 2.91. The molecule has 0 aromatic heterocycles. The Morgan fingerprint density at radius 3 is 2.47 bits per heavy atom. The summed E-state index contributed by atoms with van der Waals surface area (Å²) in [5.74, 6) is 0.594. The molecule has 1 amide bonds. The second-order valence-electron chi connectivity index (χ2n) is 4.79. The maximum Gasteiger partial charge on any atom is 0.220 e. The van der Waals surface area contributed by atoms with E-state index in [1.54, 1.807) is 0 Å². The number of nitrogens with one attached hydrogen (secondary N) is 1. The highest BCUT2D eigenvalue weighted by atomic mass is 16.1. The second kappa shape index (κ2) is 3.69. The van der Waals surface area contributed by atoms with Gasteiger partial charge in [0.2, 0.25) is 5.91 Å². The molecule has 0 bridgehead atoms. The smallest absolute Gasteiger partial charge is 0.220 e. The Bertz CT molecular complexity index is 356. The van der Waals surface area contributed by atoms with Crippen LogP contribution in [0.15, 0.2) is 30.3 Å². The molecule has 0 aliphatic carbocycles. The lowest BCUT2D eigenvalue weighted by Crippen LogP contribution is -2.30. The van der Waals surface area contributed by atoms with Gasteiger partial charge in [-0.15, -0.1) is 0 Å². The van der Waals surface area contributed by atoms with Gasteiger partial charge in [0, 0.05) is 13.0 Å². The van der Waals surface area contributed by atoms with E-state index in [-0.39, 0.29) is 11.3 Å². The van der Waals surface area contributed by atoms with E-state index in [1.807, 2.05) is 6.07 Å². The lowest BCUT2D eigenvalue weighted by molar-refractivity contribution is -0.119. The lowest BCUT2D eigenvalue weighted by Gasteiger charge is -2.31. The van der Waals surface area contributed by atoms with Crippen molar-refractivity contribution in [3.05, 3.63) is 35.9 Å². The van der Waals surface area contributed by atoms with Gasteiger partial charge >= 0.3 is 0 Å². The average Bonchev–Trinajstić information content (AvgIpc) is 2.67. The first kappa shape index (κ1) is 10.2. The van der Waals surface area contributed by atoms with Crippen molar-refractivity contribution < 1.29 is 4.79 Å². The molecule has 1 fully saturated rings. The highest BCUT2D eigenvalue weighted by Crippen LogP contribution is 2.35. The number of rotatable bonds is 2. The van der Waals surface area contributed by atoms with Crippen LogP contribution in [-0.4, -0.2) is 12.5 Å². The minimum absolute atomic E-state index is 0.0699. The van der Waals surface area contributed by atoms with E-state index < -0.39 is 0 Å². The van der Waals surface area contributed by atoms with E-state index in [2.05, 4.69) is 43.4 Å². The normalized spacial score (nSPS) is 21.5. The number of benzene rings is 1. The predicted molar refractivity (Wildman–Crippen MR) is 60.6 cm³/mol. The quantitative estimate of drug-likeness (QED) is 0.783. The number of hydrogen-bond acceptors (Lipinski definition) is 1. The molecule has 1 N–H and O–H groups in total. The van der Waals surface area contributed by atoms with Gasteiger partial charge in [-0.05, 0) is 16.9 Å². The van der Waals surface area contributed by atoms with Gasteiger partial charge in [-0.2, -0.15) is 0 Å². The van der Waals surface area contributed by atoms with Crippen LogP contribution in [0.4, 0.5) is 0 Å². The summed E-state index contributed by atoms with van der Waals surface area (Å²) in [5.41, 5.74) is 1.38. The van der Waals surface area contributed by atoms with Crippen LogP contribution in [0.25, 0.3) is 0 Å². The summed E-state index contributed by atoms with van der Waals surface area (Å²) in [6.45, 7) is 5.24. The van der Waals surface area contributed by atoms with Gasteiger partial charge in [0.1, 0.15) is 0 Å². The Hall–Kier alpha value is -1.31. The predicted octanol–water partition coefficient (Wildman–Crippen LogP) is 2.10. The topological polar surface area (TPSA) is 29.1 Å². The third kappa shape index (κ3) is 1.89. The molecule has 1 atom stereocenters. The van der Waals surface area contributed by atoms with Crippen LogP contribution in [0, 0.1) is 5.92 Å². The van der Waals surface area contributed by atoms with Gasteiger partial charge < -0.3 is 5.32 Å². The van der Waals surface area contributed by atoms with E-state index in [0.29, 0.717) is 12.3 Å². The molecule has 1 saturated heterocycles. The van der Waals surface area contributed by atoms with Gasteiger partial charge in [-0.25, -0.2) is 0 Å². The summed E-state index contributed by atoms with van der Waals surface area (Å²) in [6, 6.07) is 10.4. The molecule has 2 nitrogen and oxygen atoms in total. The number of carbonyl (C=O) groups excluding carboxylic acids is 1. The fourth-order valence-electron chi connectivity index (χ4n) is 2.22. The first-order valence-electron chi connectivity index (χ1n) is 5.43. The molecule has 80 valence electrons. The van der Waals surface area contributed by atoms with Gasteiger partial charge in [0.25, 0.3) is 0 Å². The maximum absolute atomic E-state index is 11.2. The van der Waals surface area contributed by atoms with Crippen LogP contribution >= 0.6 is 0 Å². The molecule has 2 rings (SSSR count). The second-order valence-corrected chi connectivity index (χ2v) is 4.79. The largest absolute Gasteiger partial charge is 0.356 e. The van der Waals surface area contributed by atoms with Gasteiger partial charge in [0.15, 0.2) is 0 Å². The lowest BCUT2D eigenvalue weighted by atomic mass is 9.73. The van der Waals surface area contributed by atoms with Crippen LogP contribution in [0.5, 0.6) is 0 Å². The highest BCUT2D eigenvalue weighted by molar-refractivity contribution is 5.78. The molecule has 1 unspecified atom stereocenters. The van der Waals surface area contributed by atoms with Gasteiger partial charge in [-0.3, -0.25) is 4.79 Å². The van der Waals surface area contributed by atoms with Crippen molar-refractivity contribution in [2.75, 3.05) is 6.54 Å². The molecule has 1 heterocycles. The van der Waals surface area contributed by atoms with Crippen molar-refractivity contribution in [3.63, 3.8) is 0 Å². The van der Waals surface area contributed by atoms with Crippen molar-refractivity contribution >= 4 is 5.91 Å². The average molecular weight is 203 g/mol. The van der Waals surface area contributed by atoms with E-state index in [0.717, 1.165) is 6.54 Å². The molecular weight excluding hydrogens is 186 g/mol. The molecule has 0 saturated carbocycles. The summed E-state index contributed by atoms with van der Waals surface area (Å²) in [7, 11) is 0. The SMILES string of the molecule is CC(C)(c1ccccc1)C1CNC(=O)C1. The Kier molecular flexibility index (Phi) is 2.51. The third-order valence-corrected chi connectivity index (χ3v) is 3.52. The Morgan fingerprint density at radius 1 is 1.27 bits per heavy atom. The monoisotopic (exact) mass is 203 g/mol. The molecular formula is C13H17NO. The molecule has 0 radical (unpaired) electrons. The van der Waals surface area contributed by atoms with E-state index in [4.69, 9.17) is 0 Å². The molecule has 0 spiro atoms. The van der Waals surface area contributed by atoms with E-state index in [9.17, 15) is 4.79 Å². The fraction of sp³-hybridized carbons (Fsp3) is 0.462. The Balaban J connectivity index is 2.23. The summed E-state index contributed by atoms with van der Waals surface area (Å²) >= 11 is 0. The third-order valence-electron chi connectivity index (χ3n) is 3.52. The first-order chi connectivity index (χ1) is 7.10. The van der Waals surface area contributed by atoms with Gasteiger partial charge in [-0.1, -0.05) is 44.2 Å². The van der Waals surface area contributed by atoms with Crippen LogP contribution in [0.2, 0.25) is 0 Å². The van der Waals surface area contributed by atoms with Crippen molar-refractivity contribution in [3.8, 4) is 0 Å². The van der Waals surface area contributed by atoms with E-state index in [1.165, 1.54) is 5.56 Å². The van der Waals surface area contributed by atoms with Crippen LogP contribution in [-0.2, 0) is 10.2 Å². The van der Waals surface area contributed by atoms with Crippen LogP contribution < -0.4 is 5.32 Å². The zero-order valence-electron chi connectivity index (χ0n) is 9.29. The first-order valence-corrected chi connectivity index (χ1v) is 5.43. The Morgan fingerprint density at radius 2 is 1.93 bits per heavy atom. The van der Waals surface area contributed by atoms with Crippen LogP contribution in [0.1, 0.15) is 25.8 Å². The standard InChI is InChI=1S/C13H17NO/c1-13(2,10-6-4-3-5-7-10)11-8-12(15)14-9-11/h3-7,11H,8-9H2,1-2H3,(H,14,15). The van der Waals surface area contributed by atoms with E-state index >= 15 is 0 Å². The summed E-state index contributed by atoms with van der Waals surface area (Å²) < 4.78 is 0. The van der Waals surface area contributed by atoms with Crippen molar-refractivity contribution in [1.29, 1.82) is 0 Å². The fourth-order valence-corrected chi connectivity index (χ4v) is 2.22. The zero-order chi connectivity index (χ0) is 10.9. The van der Waals surface area contributed by atoms with Crippen molar-refractivity contribution in [2.45, 2.75) is 25.7 Å². The zero-order valence-corrected chi connectivity index (χ0v) is 9.29. The number of amides is 1. The van der Waals surface area contributed by atoms with Crippen molar-refractivity contribution in [1.82, 2.24) is 5.32 Å². The molecule has 15 heavy (non-hydrogen) atoms. The molecule has 2 heteroatoms. The van der Waals surface area contributed by atoms with Crippen LogP contribution in [0.3, 0.4) is 0 Å². The molecule has 1 aliphatic heterocycles. The maximum atomic E-state index is 11.2. The minimum Gasteiger partial charge on any atom is -0.356 e. The number of carbonyl (C=O) groups is 1. The molecule has 1 aromatic rings. The Labute approximate surface area is 90.7 Å². The van der Waals surface area contributed by atoms with Crippen molar-refractivity contribution in [2.24, 2.45) is 5.92 Å². The highest BCUT2D eigenvalue weighted by Gasteiger charge is 2.36. The molecule has 1 aromatic carbocycles. The number of hydrogen-bond donors (Lipinski definition) is 1. The van der Waals surface area contributed by atoms with Gasteiger partial charge in [0.05, 0.1) is 0 Å². The minimum atomic E-state index is 0.0699. The summed E-state index contributed by atoms with van der Waals surface area (Å²) in [4.78, 5) is 11.2. The summed E-state index contributed by atoms with van der Waals surface area (Å²) in [6.07, 6.45) is 0.655.